The fraction of sp³-hybridized carbons (Fsp3) is 0.927. The number of rotatable bonds is 38. The van der Waals surface area contributed by atoms with Gasteiger partial charge >= 0.3 is 0 Å². The van der Waals surface area contributed by atoms with Gasteiger partial charge < -0.3 is 28.8 Å². The highest BCUT2D eigenvalue weighted by atomic mass is 31.2. The van der Waals surface area contributed by atoms with E-state index in [1.54, 1.807) is 6.08 Å². The van der Waals surface area contributed by atoms with E-state index in [1.807, 2.05) is 27.2 Å². The minimum atomic E-state index is -4.57. The summed E-state index contributed by atoms with van der Waals surface area (Å²) in [6.45, 7) is 4.62. The Kier molecular flexibility index (Phi) is 33.5. The number of nitrogens with one attached hydrogen (secondary N) is 1. The monoisotopic (exact) mass is 731 g/mol. The van der Waals surface area contributed by atoms with E-state index in [4.69, 9.17) is 9.05 Å². The van der Waals surface area contributed by atoms with Gasteiger partial charge in [-0.15, -0.1) is 0 Å². The second-order valence-electron chi connectivity index (χ2n) is 15.7. The second-order valence-corrected chi connectivity index (χ2v) is 17.1. The number of unbranched alkanes of at least 4 members (excludes halogenated alkanes) is 25. The van der Waals surface area contributed by atoms with Crippen molar-refractivity contribution in [1.29, 1.82) is 0 Å². The first-order chi connectivity index (χ1) is 24.0. The van der Waals surface area contributed by atoms with Gasteiger partial charge in [0.15, 0.2) is 0 Å². The Morgan fingerprint density at radius 2 is 1.08 bits per heavy atom. The summed E-state index contributed by atoms with van der Waals surface area (Å²) in [6.07, 6.45) is 36.9. The molecular weight excluding hydrogens is 647 g/mol. The molecule has 0 radical (unpaired) electrons. The van der Waals surface area contributed by atoms with Crippen molar-refractivity contribution in [2.75, 3.05) is 40.9 Å². The van der Waals surface area contributed by atoms with E-state index in [1.165, 1.54) is 135 Å². The van der Waals surface area contributed by atoms with Gasteiger partial charge in [0.1, 0.15) is 13.2 Å². The molecule has 0 rings (SSSR count). The summed E-state index contributed by atoms with van der Waals surface area (Å²) in [5.41, 5.74) is 0. The van der Waals surface area contributed by atoms with E-state index in [0.29, 0.717) is 17.4 Å². The fourth-order valence-electron chi connectivity index (χ4n) is 6.09. The maximum Gasteiger partial charge on any atom is 0.268 e. The van der Waals surface area contributed by atoms with Gasteiger partial charge in [-0.2, -0.15) is 0 Å². The van der Waals surface area contributed by atoms with E-state index >= 15 is 0 Å². The zero-order chi connectivity index (χ0) is 37.2. The molecule has 0 fully saturated rings. The van der Waals surface area contributed by atoms with Crippen molar-refractivity contribution in [2.24, 2.45) is 0 Å². The van der Waals surface area contributed by atoms with Gasteiger partial charge in [-0.25, -0.2) is 0 Å². The molecule has 3 unspecified atom stereocenters. The Morgan fingerprint density at radius 1 is 0.680 bits per heavy atom. The zero-order valence-corrected chi connectivity index (χ0v) is 34.5. The third kappa shape index (κ3) is 35.6. The standard InChI is InChI=1S/C41H83N2O6P/c1-6-8-10-12-14-16-17-18-19-20-21-22-23-24-25-27-28-30-32-34-40(44)39(38-49-50(46,47)48-37-36-43(3,4)5)42-41(45)35-33-31-29-26-15-13-11-9-7-2/h32,34,39-40,44H,6-31,33,35-38H2,1-5H3,(H-,42,45,46,47)/b34-32+. The van der Waals surface area contributed by atoms with Crippen LogP contribution in [0.5, 0.6) is 0 Å². The average Bonchev–Trinajstić information content (AvgIpc) is 3.06. The van der Waals surface area contributed by atoms with Crippen molar-refractivity contribution in [1.82, 2.24) is 5.32 Å². The number of aliphatic hydroxyl groups is 1. The maximum absolute atomic E-state index is 12.7. The van der Waals surface area contributed by atoms with Crippen LogP contribution in [0, 0.1) is 0 Å². The van der Waals surface area contributed by atoms with Gasteiger partial charge in [-0.1, -0.05) is 180 Å². The molecule has 50 heavy (non-hydrogen) atoms. The summed E-state index contributed by atoms with van der Waals surface area (Å²) in [5.74, 6) is -0.200. The number of hydrogen-bond acceptors (Lipinski definition) is 6. The molecule has 0 bridgehead atoms. The number of aliphatic hydroxyl groups excluding tert-OH is 1. The topological polar surface area (TPSA) is 108 Å². The van der Waals surface area contributed by atoms with Crippen LogP contribution in [0.25, 0.3) is 0 Å². The normalized spacial score (nSPS) is 14.6. The van der Waals surface area contributed by atoms with Crippen LogP contribution in [-0.2, 0) is 18.4 Å². The first kappa shape index (κ1) is 49.2. The first-order valence-corrected chi connectivity index (χ1v) is 22.5. The molecule has 0 heterocycles. The van der Waals surface area contributed by atoms with Crippen molar-refractivity contribution in [2.45, 2.75) is 206 Å². The number of carbonyl (C=O) groups excluding carboxylic acids is 1. The summed E-state index contributed by atoms with van der Waals surface area (Å²) in [7, 11) is 1.27. The van der Waals surface area contributed by atoms with Crippen molar-refractivity contribution < 1.29 is 32.9 Å². The van der Waals surface area contributed by atoms with Crippen LogP contribution in [0.15, 0.2) is 12.2 Å². The summed E-state index contributed by atoms with van der Waals surface area (Å²) in [4.78, 5) is 25.1. The minimum Gasteiger partial charge on any atom is -0.756 e. The van der Waals surface area contributed by atoms with Crippen molar-refractivity contribution in [3.63, 3.8) is 0 Å². The van der Waals surface area contributed by atoms with Gasteiger partial charge in [-0.05, 0) is 19.3 Å². The SMILES string of the molecule is CCCCCCCCCCCCCCCCCCC/C=C/C(O)C(COP(=O)([O-])OCC[N+](C)(C)C)NC(=O)CCCCCCCCCCC. The highest BCUT2D eigenvalue weighted by Crippen LogP contribution is 2.38. The van der Waals surface area contributed by atoms with Crippen LogP contribution < -0.4 is 10.2 Å². The summed E-state index contributed by atoms with van der Waals surface area (Å²) in [6, 6.07) is -0.878. The number of hydrogen-bond donors (Lipinski definition) is 2. The number of phosphoric acid groups is 1. The highest BCUT2D eigenvalue weighted by Gasteiger charge is 2.23. The summed E-state index contributed by atoms with van der Waals surface area (Å²) < 4.78 is 23.1. The molecule has 2 N–H and O–H groups in total. The fourth-order valence-corrected chi connectivity index (χ4v) is 6.82. The maximum atomic E-state index is 12.7. The Balaban J connectivity index is 4.36. The Bertz CT molecular complexity index is 834. The Hall–Kier alpha value is -0.760. The molecule has 0 aromatic rings. The van der Waals surface area contributed by atoms with Crippen LogP contribution in [-0.4, -0.2) is 68.5 Å². The molecule has 0 aromatic heterocycles. The van der Waals surface area contributed by atoms with Crippen LogP contribution in [0.4, 0.5) is 0 Å². The van der Waals surface area contributed by atoms with Crippen molar-refractivity contribution in [3.05, 3.63) is 12.2 Å². The molecule has 9 heteroatoms. The van der Waals surface area contributed by atoms with E-state index in [0.717, 1.165) is 38.5 Å². The molecule has 0 spiro atoms. The largest absolute Gasteiger partial charge is 0.756 e. The summed E-state index contributed by atoms with van der Waals surface area (Å²) >= 11 is 0. The predicted octanol–water partition coefficient (Wildman–Crippen LogP) is 10.6. The van der Waals surface area contributed by atoms with Crippen molar-refractivity contribution >= 4 is 13.7 Å². The average molecular weight is 731 g/mol. The lowest BCUT2D eigenvalue weighted by Gasteiger charge is -2.29. The van der Waals surface area contributed by atoms with Gasteiger partial charge in [0.25, 0.3) is 7.82 Å². The smallest absolute Gasteiger partial charge is 0.268 e. The van der Waals surface area contributed by atoms with E-state index in [-0.39, 0.29) is 19.1 Å². The van der Waals surface area contributed by atoms with Crippen LogP contribution in [0.2, 0.25) is 0 Å². The molecule has 298 valence electrons. The third-order valence-corrected chi connectivity index (χ3v) is 10.5. The quantitative estimate of drug-likeness (QED) is 0.0283. The van der Waals surface area contributed by atoms with E-state index < -0.39 is 20.0 Å². The number of quaternary nitrogens is 1. The molecule has 3 atom stereocenters. The minimum absolute atomic E-state index is 0.00171. The van der Waals surface area contributed by atoms with Crippen molar-refractivity contribution in [3.8, 4) is 0 Å². The second kappa shape index (κ2) is 34.0. The number of carbonyl (C=O) groups is 1. The molecule has 0 aliphatic rings. The van der Waals surface area contributed by atoms with Gasteiger partial charge in [0, 0.05) is 6.42 Å². The van der Waals surface area contributed by atoms with E-state index in [2.05, 4.69) is 19.2 Å². The van der Waals surface area contributed by atoms with Gasteiger partial charge in [-0.3, -0.25) is 9.36 Å². The molecule has 0 aromatic carbocycles. The number of allylic oxidation sites excluding steroid dienone is 1. The molecule has 0 saturated carbocycles. The molecule has 0 aliphatic heterocycles. The number of likely N-dealkylation sites (N-methyl/N-ethyl adjacent to an activating group) is 1. The number of phosphoric ester groups is 1. The zero-order valence-electron chi connectivity index (χ0n) is 33.6. The Labute approximate surface area is 310 Å². The van der Waals surface area contributed by atoms with Crippen LogP contribution in [0.3, 0.4) is 0 Å². The number of amides is 1. The lowest BCUT2D eigenvalue weighted by Crippen LogP contribution is -2.45. The predicted molar refractivity (Wildman–Crippen MR) is 210 cm³/mol. The molecule has 8 nitrogen and oxygen atoms in total. The summed E-state index contributed by atoms with van der Waals surface area (Å²) in [5, 5.41) is 13.7. The first-order valence-electron chi connectivity index (χ1n) is 21.1. The lowest BCUT2D eigenvalue weighted by molar-refractivity contribution is -0.870. The molecular formula is C41H83N2O6P. The third-order valence-electron chi connectivity index (χ3n) is 9.50. The van der Waals surface area contributed by atoms with Gasteiger partial charge in [0.05, 0.1) is 39.9 Å². The molecule has 0 saturated heterocycles. The van der Waals surface area contributed by atoms with Gasteiger partial charge in [0.2, 0.25) is 5.91 Å². The lowest BCUT2D eigenvalue weighted by atomic mass is 10.0. The van der Waals surface area contributed by atoms with E-state index in [9.17, 15) is 19.4 Å². The number of nitrogens with zero attached hydrogens (tertiary/aromatic N) is 1. The van der Waals surface area contributed by atoms with Crippen LogP contribution in [0.1, 0.15) is 194 Å². The van der Waals surface area contributed by atoms with Crippen LogP contribution >= 0.6 is 7.82 Å². The molecule has 1 amide bonds. The highest BCUT2D eigenvalue weighted by molar-refractivity contribution is 7.45. The molecule has 0 aliphatic carbocycles. The Morgan fingerprint density at radius 3 is 1.50 bits per heavy atom.